The Hall–Kier alpha value is -1.87. The van der Waals surface area contributed by atoms with E-state index in [1.165, 1.54) is 7.11 Å². The van der Waals surface area contributed by atoms with Crippen LogP contribution in [0.15, 0.2) is 45.3 Å². The van der Waals surface area contributed by atoms with Gasteiger partial charge >= 0.3 is 5.97 Å². The lowest BCUT2D eigenvalue weighted by molar-refractivity contribution is -0.132. The SMILES string of the molecule is COC(=O)C(=NNc1ccc(Br)cc1)Sc1nncn1C. The van der Waals surface area contributed by atoms with Gasteiger partial charge in [-0.15, -0.1) is 10.2 Å². The molecule has 0 aliphatic carbocycles. The minimum absolute atomic E-state index is 0.136. The molecule has 0 fully saturated rings. The predicted molar refractivity (Wildman–Crippen MR) is 84.1 cm³/mol. The zero-order chi connectivity index (χ0) is 15.2. The van der Waals surface area contributed by atoms with Gasteiger partial charge in [0, 0.05) is 11.5 Å². The van der Waals surface area contributed by atoms with E-state index < -0.39 is 5.97 Å². The molecule has 110 valence electrons. The number of carbonyl (C=O) groups is 1. The number of benzene rings is 1. The van der Waals surface area contributed by atoms with E-state index in [1.807, 2.05) is 24.3 Å². The van der Waals surface area contributed by atoms with Crippen LogP contribution >= 0.6 is 27.7 Å². The molecule has 0 saturated carbocycles. The third-order valence-electron chi connectivity index (χ3n) is 2.35. The van der Waals surface area contributed by atoms with Crippen molar-refractivity contribution in [2.45, 2.75) is 5.16 Å². The fourth-order valence-electron chi connectivity index (χ4n) is 1.29. The van der Waals surface area contributed by atoms with Gasteiger partial charge in [-0.05, 0) is 36.0 Å². The second kappa shape index (κ2) is 7.23. The van der Waals surface area contributed by atoms with Gasteiger partial charge in [-0.3, -0.25) is 5.43 Å². The molecule has 0 saturated heterocycles. The number of hydrogen-bond acceptors (Lipinski definition) is 7. The summed E-state index contributed by atoms with van der Waals surface area (Å²) >= 11 is 4.42. The summed E-state index contributed by atoms with van der Waals surface area (Å²) < 4.78 is 7.35. The van der Waals surface area contributed by atoms with E-state index in [2.05, 4.69) is 36.7 Å². The number of nitrogens with one attached hydrogen (secondary N) is 1. The number of esters is 1. The molecule has 1 heterocycles. The van der Waals surface area contributed by atoms with Crippen molar-refractivity contribution >= 4 is 44.4 Å². The van der Waals surface area contributed by atoms with Crippen LogP contribution in [0.5, 0.6) is 0 Å². The first-order valence-electron chi connectivity index (χ1n) is 5.79. The fourth-order valence-corrected chi connectivity index (χ4v) is 2.26. The van der Waals surface area contributed by atoms with Crippen molar-refractivity contribution < 1.29 is 9.53 Å². The van der Waals surface area contributed by atoms with Crippen molar-refractivity contribution in [2.24, 2.45) is 12.1 Å². The van der Waals surface area contributed by atoms with Crippen molar-refractivity contribution in [3.8, 4) is 0 Å². The molecule has 2 aromatic rings. The third-order valence-corrected chi connectivity index (χ3v) is 3.88. The molecular formula is C12H12BrN5O2S. The van der Waals surface area contributed by atoms with Crippen molar-refractivity contribution in [2.75, 3.05) is 12.5 Å². The molecule has 0 aliphatic heterocycles. The second-order valence-corrected chi connectivity index (χ2v) is 5.73. The second-order valence-electron chi connectivity index (χ2n) is 3.85. The number of methoxy groups -OCH3 is 1. The van der Waals surface area contributed by atoms with Crippen LogP contribution in [0, 0.1) is 0 Å². The Kier molecular flexibility index (Phi) is 5.34. The maximum absolute atomic E-state index is 11.7. The molecule has 0 aliphatic rings. The number of thioether (sulfide) groups is 1. The van der Waals surface area contributed by atoms with Crippen LogP contribution < -0.4 is 5.43 Å². The third kappa shape index (κ3) is 4.30. The highest BCUT2D eigenvalue weighted by Gasteiger charge is 2.17. The van der Waals surface area contributed by atoms with E-state index in [-0.39, 0.29) is 5.04 Å². The molecule has 0 spiro atoms. The van der Waals surface area contributed by atoms with E-state index in [1.54, 1.807) is 17.9 Å². The highest BCUT2D eigenvalue weighted by atomic mass is 79.9. The van der Waals surface area contributed by atoms with Crippen LogP contribution in [0.25, 0.3) is 0 Å². The number of rotatable bonds is 3. The minimum atomic E-state index is -0.549. The Morgan fingerprint density at radius 1 is 1.43 bits per heavy atom. The normalized spacial score (nSPS) is 11.3. The Morgan fingerprint density at radius 3 is 2.71 bits per heavy atom. The standard InChI is InChI=1S/C12H12BrN5O2S/c1-18-7-14-17-12(18)21-10(11(19)20-2)16-15-9-5-3-8(13)4-6-9/h3-7,15H,1-2H3. The minimum Gasteiger partial charge on any atom is -0.464 e. The Balaban J connectivity index is 2.15. The molecule has 21 heavy (non-hydrogen) atoms. The quantitative estimate of drug-likeness (QED) is 0.294. The number of nitrogens with zero attached hydrogens (tertiary/aromatic N) is 4. The highest BCUT2D eigenvalue weighted by Crippen LogP contribution is 2.18. The number of hydrogen-bond donors (Lipinski definition) is 1. The zero-order valence-electron chi connectivity index (χ0n) is 11.3. The number of anilines is 1. The van der Waals surface area contributed by atoms with Crippen molar-refractivity contribution in [3.05, 3.63) is 35.1 Å². The van der Waals surface area contributed by atoms with Crippen molar-refractivity contribution in [3.63, 3.8) is 0 Å². The predicted octanol–water partition coefficient (Wildman–Crippen LogP) is 2.27. The van der Waals surface area contributed by atoms with Gasteiger partial charge in [-0.25, -0.2) is 4.79 Å². The van der Waals surface area contributed by atoms with E-state index >= 15 is 0 Å². The van der Waals surface area contributed by atoms with E-state index in [0.29, 0.717) is 5.16 Å². The molecule has 0 radical (unpaired) electrons. The Labute approximate surface area is 133 Å². The molecule has 9 heteroatoms. The van der Waals surface area contributed by atoms with E-state index in [0.717, 1.165) is 21.9 Å². The topological polar surface area (TPSA) is 81.4 Å². The van der Waals surface area contributed by atoms with Gasteiger partial charge in [-0.2, -0.15) is 5.10 Å². The molecule has 1 aromatic heterocycles. The number of halogens is 1. The molecule has 2 rings (SSSR count). The van der Waals surface area contributed by atoms with Crippen LogP contribution in [0.4, 0.5) is 5.69 Å². The number of aryl methyl sites for hydroxylation is 1. The van der Waals surface area contributed by atoms with Crippen LogP contribution in [-0.2, 0) is 16.6 Å². The van der Waals surface area contributed by atoms with Crippen LogP contribution in [0.2, 0.25) is 0 Å². The molecule has 7 nitrogen and oxygen atoms in total. The summed E-state index contributed by atoms with van der Waals surface area (Å²) in [5, 5.41) is 12.4. The lowest BCUT2D eigenvalue weighted by atomic mass is 10.3. The van der Waals surface area contributed by atoms with E-state index in [4.69, 9.17) is 4.74 Å². The molecule has 0 amide bonds. The number of ether oxygens (including phenoxy) is 1. The van der Waals surface area contributed by atoms with E-state index in [9.17, 15) is 4.79 Å². The monoisotopic (exact) mass is 369 g/mol. The number of aromatic nitrogens is 3. The summed E-state index contributed by atoms with van der Waals surface area (Å²) in [6.45, 7) is 0. The first kappa shape index (κ1) is 15.5. The first-order valence-corrected chi connectivity index (χ1v) is 7.40. The molecule has 1 N–H and O–H groups in total. The van der Waals surface area contributed by atoms with Gasteiger partial charge in [0.2, 0.25) is 5.04 Å². The molecule has 0 unspecified atom stereocenters. The van der Waals surface area contributed by atoms with Gasteiger partial charge < -0.3 is 9.30 Å². The number of hydrazone groups is 1. The summed E-state index contributed by atoms with van der Waals surface area (Å²) in [5.41, 5.74) is 3.56. The van der Waals surface area contributed by atoms with Gasteiger partial charge in [0.25, 0.3) is 0 Å². The summed E-state index contributed by atoms with van der Waals surface area (Å²) in [6.07, 6.45) is 1.54. The summed E-state index contributed by atoms with van der Waals surface area (Å²) in [5.74, 6) is -0.549. The largest absolute Gasteiger partial charge is 0.464 e. The van der Waals surface area contributed by atoms with Crippen molar-refractivity contribution in [1.82, 2.24) is 14.8 Å². The lowest BCUT2D eigenvalue weighted by Crippen LogP contribution is -2.14. The fraction of sp³-hybridized carbons (Fsp3) is 0.167. The smallest absolute Gasteiger partial charge is 0.365 e. The summed E-state index contributed by atoms with van der Waals surface area (Å²) in [4.78, 5) is 11.7. The summed E-state index contributed by atoms with van der Waals surface area (Å²) in [7, 11) is 3.08. The maximum atomic E-state index is 11.7. The highest BCUT2D eigenvalue weighted by molar-refractivity contribution is 9.10. The Bertz CT molecular complexity index is 656. The average molecular weight is 370 g/mol. The first-order chi connectivity index (χ1) is 10.1. The number of carbonyl (C=O) groups excluding carboxylic acids is 1. The van der Waals surface area contributed by atoms with Gasteiger partial charge in [0.05, 0.1) is 12.8 Å². The van der Waals surface area contributed by atoms with Crippen LogP contribution in [-0.4, -0.2) is 32.9 Å². The maximum Gasteiger partial charge on any atom is 0.365 e. The summed E-state index contributed by atoms with van der Waals surface area (Å²) in [6, 6.07) is 7.39. The van der Waals surface area contributed by atoms with Gasteiger partial charge in [0.15, 0.2) is 5.16 Å². The zero-order valence-corrected chi connectivity index (χ0v) is 13.7. The molecule has 0 bridgehead atoms. The average Bonchev–Trinajstić information content (AvgIpc) is 2.89. The van der Waals surface area contributed by atoms with Crippen LogP contribution in [0.3, 0.4) is 0 Å². The van der Waals surface area contributed by atoms with Gasteiger partial charge in [-0.1, -0.05) is 15.9 Å². The molecule has 0 atom stereocenters. The van der Waals surface area contributed by atoms with Crippen molar-refractivity contribution in [1.29, 1.82) is 0 Å². The molecular weight excluding hydrogens is 358 g/mol. The lowest BCUT2D eigenvalue weighted by Gasteiger charge is -2.05. The van der Waals surface area contributed by atoms with Gasteiger partial charge in [0.1, 0.15) is 6.33 Å². The Morgan fingerprint density at radius 2 is 2.14 bits per heavy atom. The molecule has 1 aromatic carbocycles. The van der Waals surface area contributed by atoms with Crippen LogP contribution in [0.1, 0.15) is 0 Å².